The zero-order valence-corrected chi connectivity index (χ0v) is 31.4. The highest BCUT2D eigenvalue weighted by Gasteiger charge is 2.40. The molecule has 0 aromatic heterocycles. The van der Waals surface area contributed by atoms with E-state index in [1.807, 2.05) is 0 Å². The number of hydrogen-bond acceptors (Lipinski definition) is 13. The van der Waals surface area contributed by atoms with E-state index in [1.54, 1.807) is 6.26 Å². The Balaban J connectivity index is 3.15. The quantitative estimate of drug-likeness (QED) is 0.0378. The van der Waals surface area contributed by atoms with Crippen molar-refractivity contribution in [1.82, 2.24) is 31.5 Å². The Morgan fingerprint density at radius 1 is 0.709 bits per heavy atom. The highest BCUT2D eigenvalue weighted by molar-refractivity contribution is 7.98. The van der Waals surface area contributed by atoms with Gasteiger partial charge in [-0.15, -0.1) is 0 Å². The number of nitrogens with one attached hydrogen (secondary N) is 5. The number of hydrogen-bond donors (Lipinski definition) is 11. The Kier molecular flexibility index (Phi) is 21.3. The number of carbonyl (C=O) groups is 10. The molecule has 310 valence electrons. The van der Waals surface area contributed by atoms with Crippen LogP contribution in [0.4, 0.5) is 0 Å². The molecule has 0 bridgehead atoms. The van der Waals surface area contributed by atoms with E-state index in [0.29, 0.717) is 25.0 Å². The van der Waals surface area contributed by atoms with Crippen LogP contribution in [0.1, 0.15) is 71.1 Å². The number of nitrogens with zero attached hydrogens (tertiary/aromatic N) is 1. The molecule has 0 aromatic carbocycles. The fourth-order valence-corrected chi connectivity index (χ4v) is 5.91. The average molecular weight is 805 g/mol. The molecule has 7 atom stereocenters. The molecule has 13 N–H and O–H groups in total. The number of nitrogens with two attached hydrogens (primary N) is 2. The number of thioether (sulfide) groups is 1. The van der Waals surface area contributed by atoms with Gasteiger partial charge in [0.15, 0.2) is 0 Å². The van der Waals surface area contributed by atoms with Crippen molar-refractivity contribution >= 4 is 71.1 Å². The third-order valence-corrected chi connectivity index (χ3v) is 9.04. The fourth-order valence-electron chi connectivity index (χ4n) is 5.44. The first-order chi connectivity index (χ1) is 25.8. The van der Waals surface area contributed by atoms with Gasteiger partial charge in [-0.25, -0.2) is 4.79 Å². The van der Waals surface area contributed by atoms with Crippen LogP contribution >= 0.6 is 11.8 Å². The lowest BCUT2D eigenvalue weighted by Crippen LogP contribution is -2.59. The summed E-state index contributed by atoms with van der Waals surface area (Å²) >= 11 is 1.29. The van der Waals surface area contributed by atoms with Crippen LogP contribution in [0.2, 0.25) is 0 Å². The van der Waals surface area contributed by atoms with Crippen molar-refractivity contribution in [2.75, 3.05) is 25.1 Å². The second-order valence-corrected chi connectivity index (χ2v) is 13.8. The van der Waals surface area contributed by atoms with Gasteiger partial charge in [0, 0.05) is 13.0 Å². The minimum absolute atomic E-state index is 0.0184. The van der Waals surface area contributed by atoms with Crippen LogP contribution in [0.5, 0.6) is 0 Å². The maximum atomic E-state index is 13.7. The van der Waals surface area contributed by atoms with Crippen molar-refractivity contribution in [1.29, 1.82) is 0 Å². The predicted octanol–water partition coefficient (Wildman–Crippen LogP) is -3.47. The van der Waals surface area contributed by atoms with E-state index < -0.39 is 127 Å². The zero-order chi connectivity index (χ0) is 41.8. The molecule has 23 heteroatoms. The van der Waals surface area contributed by atoms with E-state index in [4.69, 9.17) is 21.7 Å². The lowest BCUT2D eigenvalue weighted by Gasteiger charge is -2.30. The summed E-state index contributed by atoms with van der Waals surface area (Å²) < 4.78 is 0. The fraction of sp³-hybridized carbons (Fsp3) is 0.688. The Morgan fingerprint density at radius 2 is 1.31 bits per heavy atom. The van der Waals surface area contributed by atoms with Gasteiger partial charge in [0.25, 0.3) is 0 Å². The van der Waals surface area contributed by atoms with Crippen molar-refractivity contribution in [2.45, 2.75) is 113 Å². The maximum absolute atomic E-state index is 13.7. The zero-order valence-electron chi connectivity index (χ0n) is 30.6. The van der Waals surface area contributed by atoms with Crippen molar-refractivity contribution in [3.05, 3.63) is 0 Å². The van der Waals surface area contributed by atoms with Gasteiger partial charge in [0.05, 0.1) is 18.9 Å². The molecule has 1 aliphatic rings. The topological polar surface area (TPSA) is 367 Å². The van der Waals surface area contributed by atoms with E-state index in [-0.39, 0.29) is 32.4 Å². The molecule has 1 rings (SSSR count). The molecule has 22 nitrogen and oxygen atoms in total. The Hall–Kier alpha value is -5.03. The summed E-state index contributed by atoms with van der Waals surface area (Å²) in [7, 11) is 0. The van der Waals surface area contributed by atoms with Crippen LogP contribution in [0.3, 0.4) is 0 Å². The van der Waals surface area contributed by atoms with Gasteiger partial charge < -0.3 is 63.4 Å². The lowest BCUT2D eigenvalue weighted by molar-refractivity contribution is -0.144. The van der Waals surface area contributed by atoms with Crippen LogP contribution in [-0.4, -0.2) is 152 Å². The molecule has 6 amide bonds. The monoisotopic (exact) mass is 804 g/mol. The summed E-state index contributed by atoms with van der Waals surface area (Å²) in [6.45, 7) is 1.57. The van der Waals surface area contributed by atoms with Crippen LogP contribution in [-0.2, 0) is 47.9 Å². The molecule has 0 aliphatic carbocycles. The molecule has 0 aromatic rings. The van der Waals surface area contributed by atoms with Gasteiger partial charge in [0.1, 0.15) is 36.3 Å². The van der Waals surface area contributed by atoms with Gasteiger partial charge in [-0.1, -0.05) is 0 Å². The van der Waals surface area contributed by atoms with Crippen LogP contribution in [0, 0.1) is 0 Å². The summed E-state index contributed by atoms with van der Waals surface area (Å²) in [6.07, 6.45) is 0.472. The SMILES string of the molecule is CSCC[C@H](NC(=O)[C@H](CC(=O)O)NC(=O)[C@@H]1CCCN1C(=O)[C@H](CCCCN)NC(=O)[C@@H](N)CC(=O)O)C(=O)N[C@@H](C)C(=O)N[C@@H](CCC(=O)O)C(=O)O. The maximum Gasteiger partial charge on any atom is 0.326 e. The molecule has 1 saturated heterocycles. The van der Waals surface area contributed by atoms with E-state index in [2.05, 4.69) is 26.6 Å². The number of rotatable bonds is 26. The number of carboxylic acid groups (broad SMARTS) is 4. The minimum Gasteiger partial charge on any atom is -0.481 e. The number of likely N-dealkylation sites (tertiary alicyclic amines) is 1. The van der Waals surface area contributed by atoms with Crippen LogP contribution < -0.4 is 38.1 Å². The van der Waals surface area contributed by atoms with Crippen molar-refractivity contribution in [2.24, 2.45) is 11.5 Å². The first kappa shape index (κ1) is 48.0. The summed E-state index contributed by atoms with van der Waals surface area (Å²) in [5.41, 5.74) is 11.2. The first-order valence-corrected chi connectivity index (χ1v) is 18.9. The smallest absolute Gasteiger partial charge is 0.326 e. The molecule has 0 unspecified atom stereocenters. The van der Waals surface area contributed by atoms with Crippen molar-refractivity contribution < 1.29 is 68.4 Å². The molecule has 55 heavy (non-hydrogen) atoms. The van der Waals surface area contributed by atoms with Gasteiger partial charge in [-0.2, -0.15) is 11.8 Å². The number of unbranched alkanes of at least 4 members (excludes halogenated alkanes) is 1. The molecular weight excluding hydrogens is 752 g/mol. The second-order valence-electron chi connectivity index (χ2n) is 12.8. The van der Waals surface area contributed by atoms with Gasteiger partial charge in [-0.3, -0.25) is 43.2 Å². The molecule has 0 spiro atoms. The third kappa shape index (κ3) is 17.3. The standard InChI is InChI=1S/C32H52N8O14S/c1-16(26(47)38-20(32(53)54)8-9-23(41)42)35-28(49)18(10-13-55-2)36-29(50)21(15-25(45)46)39-30(51)22-7-5-12-40(22)31(52)19(6-3-4-11-33)37-27(48)17(34)14-24(43)44/h16-22H,3-15,33-34H2,1-2H3,(H,35,49)(H,36,50)(H,37,48)(H,38,47)(H,39,51)(H,41,42)(H,43,44)(H,45,46)(H,53,54)/t16-,17-,18-,19-,20-,21-,22-/m0/s1. The lowest BCUT2D eigenvalue weighted by atomic mass is 10.1. The van der Waals surface area contributed by atoms with Crippen molar-refractivity contribution in [3.8, 4) is 0 Å². The second kappa shape index (κ2) is 24.4. The number of carbonyl (C=O) groups excluding carboxylic acids is 6. The number of amides is 6. The molecular formula is C32H52N8O14S. The van der Waals surface area contributed by atoms with E-state index in [0.717, 1.165) is 0 Å². The van der Waals surface area contributed by atoms with Gasteiger partial charge >= 0.3 is 23.9 Å². The predicted molar refractivity (Wildman–Crippen MR) is 193 cm³/mol. The summed E-state index contributed by atoms with van der Waals surface area (Å²) in [5.74, 6) is -10.7. The number of carboxylic acids is 4. The van der Waals surface area contributed by atoms with Gasteiger partial charge in [0.2, 0.25) is 35.4 Å². The molecule has 1 heterocycles. The molecule has 0 saturated carbocycles. The van der Waals surface area contributed by atoms with E-state index in [9.17, 15) is 58.2 Å². The Bertz CT molecular complexity index is 1420. The van der Waals surface area contributed by atoms with E-state index in [1.165, 1.54) is 23.6 Å². The van der Waals surface area contributed by atoms with E-state index >= 15 is 0 Å². The molecule has 1 fully saturated rings. The number of aliphatic carboxylic acids is 4. The minimum atomic E-state index is -1.74. The van der Waals surface area contributed by atoms with Crippen LogP contribution in [0.15, 0.2) is 0 Å². The summed E-state index contributed by atoms with van der Waals surface area (Å²) in [6, 6.07) is -9.89. The molecule has 1 aliphatic heterocycles. The third-order valence-electron chi connectivity index (χ3n) is 8.40. The molecule has 0 radical (unpaired) electrons. The summed E-state index contributed by atoms with van der Waals surface area (Å²) in [5, 5.41) is 48.4. The van der Waals surface area contributed by atoms with Gasteiger partial charge in [-0.05, 0) is 70.4 Å². The first-order valence-electron chi connectivity index (χ1n) is 17.5. The average Bonchev–Trinajstić information content (AvgIpc) is 3.60. The largest absolute Gasteiger partial charge is 0.481 e. The highest BCUT2D eigenvalue weighted by Crippen LogP contribution is 2.21. The highest BCUT2D eigenvalue weighted by atomic mass is 32.2. The summed E-state index contributed by atoms with van der Waals surface area (Å²) in [4.78, 5) is 125. The van der Waals surface area contributed by atoms with Crippen molar-refractivity contribution in [3.63, 3.8) is 0 Å². The normalized spacial score (nSPS) is 16.9. The Labute approximate surface area is 320 Å². The Morgan fingerprint density at radius 3 is 1.87 bits per heavy atom. The van der Waals surface area contributed by atoms with Crippen LogP contribution in [0.25, 0.3) is 0 Å².